The summed E-state index contributed by atoms with van der Waals surface area (Å²) in [5.74, 6) is 0. The van der Waals surface area contributed by atoms with E-state index in [0.29, 0.717) is 0 Å². The second kappa shape index (κ2) is 8.31. The fourth-order valence-corrected chi connectivity index (χ4v) is 2.51. The standard InChI is InChI=1S/C14H22N2O.C2H6/c1-15(2)9-10-16-8-7-12-5-3-4-6-13(12)14(16)11-17;1-2/h3-6,14,17H,7-11H2,1-2H3;1-2H3. The highest BCUT2D eigenvalue weighted by atomic mass is 16.3. The van der Waals surface area contributed by atoms with Crippen molar-refractivity contribution in [3.05, 3.63) is 35.4 Å². The molecule has 0 amide bonds. The van der Waals surface area contributed by atoms with Crippen LogP contribution in [0.3, 0.4) is 0 Å². The second-order valence-electron chi connectivity index (χ2n) is 4.99. The van der Waals surface area contributed by atoms with Crippen LogP contribution in [0.5, 0.6) is 0 Å². The van der Waals surface area contributed by atoms with Crippen LogP contribution in [0.15, 0.2) is 24.3 Å². The molecular formula is C16H28N2O. The fourth-order valence-electron chi connectivity index (χ4n) is 2.51. The van der Waals surface area contributed by atoms with Crippen LogP contribution in [0, 0.1) is 0 Å². The lowest BCUT2D eigenvalue weighted by molar-refractivity contribution is 0.107. The van der Waals surface area contributed by atoms with Crippen LogP contribution in [0.1, 0.15) is 31.0 Å². The monoisotopic (exact) mass is 264 g/mol. The highest BCUT2D eigenvalue weighted by Gasteiger charge is 2.25. The molecule has 1 unspecified atom stereocenters. The molecule has 1 aromatic carbocycles. The van der Waals surface area contributed by atoms with Crippen LogP contribution in [-0.2, 0) is 6.42 Å². The molecule has 2 rings (SSSR count). The number of likely N-dealkylation sites (N-methyl/N-ethyl adjacent to an activating group) is 1. The van der Waals surface area contributed by atoms with Crippen LogP contribution in [-0.4, -0.2) is 55.2 Å². The van der Waals surface area contributed by atoms with E-state index in [9.17, 15) is 5.11 Å². The number of nitrogens with zero attached hydrogens (tertiary/aromatic N) is 2. The van der Waals surface area contributed by atoms with Gasteiger partial charge in [-0.3, -0.25) is 4.90 Å². The van der Waals surface area contributed by atoms with Gasteiger partial charge in [-0.05, 0) is 31.6 Å². The van der Waals surface area contributed by atoms with E-state index in [4.69, 9.17) is 0 Å². The van der Waals surface area contributed by atoms with E-state index < -0.39 is 0 Å². The normalized spacial score (nSPS) is 18.7. The molecule has 1 aliphatic rings. The number of rotatable bonds is 4. The van der Waals surface area contributed by atoms with Gasteiger partial charge >= 0.3 is 0 Å². The summed E-state index contributed by atoms with van der Waals surface area (Å²) < 4.78 is 0. The average molecular weight is 264 g/mol. The van der Waals surface area contributed by atoms with Gasteiger partial charge in [-0.1, -0.05) is 38.1 Å². The summed E-state index contributed by atoms with van der Waals surface area (Å²) in [5.41, 5.74) is 2.70. The van der Waals surface area contributed by atoms with Crippen molar-refractivity contribution >= 4 is 0 Å². The lowest BCUT2D eigenvalue weighted by Crippen LogP contribution is -2.40. The van der Waals surface area contributed by atoms with Crippen molar-refractivity contribution in [2.24, 2.45) is 0 Å². The Morgan fingerprint density at radius 2 is 1.95 bits per heavy atom. The zero-order valence-corrected chi connectivity index (χ0v) is 12.8. The first-order chi connectivity index (χ1) is 9.22. The molecule has 1 atom stereocenters. The lowest BCUT2D eigenvalue weighted by atomic mass is 9.93. The molecule has 108 valence electrons. The Balaban J connectivity index is 0.000000861. The zero-order chi connectivity index (χ0) is 14.3. The summed E-state index contributed by atoms with van der Waals surface area (Å²) in [7, 11) is 4.18. The molecule has 0 saturated carbocycles. The molecule has 1 aliphatic heterocycles. The summed E-state index contributed by atoms with van der Waals surface area (Å²) in [5, 5.41) is 9.62. The van der Waals surface area contributed by atoms with Gasteiger partial charge in [0.15, 0.2) is 0 Å². The Hall–Kier alpha value is -0.900. The second-order valence-corrected chi connectivity index (χ2v) is 4.99. The van der Waals surface area contributed by atoms with Crippen molar-refractivity contribution in [3.8, 4) is 0 Å². The highest BCUT2D eigenvalue weighted by Crippen LogP contribution is 2.28. The molecule has 1 N–H and O–H groups in total. The Morgan fingerprint density at radius 3 is 2.58 bits per heavy atom. The topological polar surface area (TPSA) is 26.7 Å². The van der Waals surface area contributed by atoms with Crippen molar-refractivity contribution < 1.29 is 5.11 Å². The van der Waals surface area contributed by atoms with Gasteiger partial charge in [-0.2, -0.15) is 0 Å². The number of aliphatic hydroxyl groups is 1. The summed E-state index contributed by atoms with van der Waals surface area (Å²) in [6, 6.07) is 8.67. The first-order valence-corrected chi connectivity index (χ1v) is 7.30. The van der Waals surface area contributed by atoms with Gasteiger partial charge in [0, 0.05) is 19.6 Å². The number of benzene rings is 1. The van der Waals surface area contributed by atoms with E-state index in [0.717, 1.165) is 26.1 Å². The number of fused-ring (bicyclic) bond motifs is 1. The van der Waals surface area contributed by atoms with E-state index in [1.54, 1.807) is 0 Å². The molecule has 0 bridgehead atoms. The third kappa shape index (κ3) is 4.30. The SMILES string of the molecule is CC.CN(C)CCN1CCc2ccccc2C1CO. The van der Waals surface area contributed by atoms with E-state index in [-0.39, 0.29) is 12.6 Å². The number of aliphatic hydroxyl groups excluding tert-OH is 1. The van der Waals surface area contributed by atoms with E-state index >= 15 is 0 Å². The summed E-state index contributed by atoms with van der Waals surface area (Å²) >= 11 is 0. The Labute approximate surface area is 117 Å². The molecule has 0 radical (unpaired) electrons. The largest absolute Gasteiger partial charge is 0.394 e. The van der Waals surface area contributed by atoms with Crippen LogP contribution < -0.4 is 0 Å². The van der Waals surface area contributed by atoms with Crippen LogP contribution >= 0.6 is 0 Å². The van der Waals surface area contributed by atoms with Crippen LogP contribution in [0.4, 0.5) is 0 Å². The van der Waals surface area contributed by atoms with Crippen molar-refractivity contribution in [1.29, 1.82) is 0 Å². The maximum Gasteiger partial charge on any atom is 0.0628 e. The molecule has 0 aliphatic carbocycles. The van der Waals surface area contributed by atoms with E-state index in [1.807, 2.05) is 13.8 Å². The van der Waals surface area contributed by atoms with Crippen LogP contribution in [0.2, 0.25) is 0 Å². The van der Waals surface area contributed by atoms with Gasteiger partial charge in [0.25, 0.3) is 0 Å². The summed E-state index contributed by atoms with van der Waals surface area (Å²) in [6.45, 7) is 7.33. The third-order valence-electron chi connectivity index (χ3n) is 3.53. The molecule has 3 heteroatoms. The van der Waals surface area contributed by atoms with Gasteiger partial charge in [0.1, 0.15) is 0 Å². The molecular weight excluding hydrogens is 236 g/mol. The molecule has 0 spiro atoms. The molecule has 1 heterocycles. The van der Waals surface area contributed by atoms with E-state index in [2.05, 4.69) is 48.2 Å². The van der Waals surface area contributed by atoms with E-state index in [1.165, 1.54) is 11.1 Å². The Bertz CT molecular complexity index is 366. The average Bonchev–Trinajstić information content (AvgIpc) is 2.46. The van der Waals surface area contributed by atoms with Gasteiger partial charge in [0.05, 0.1) is 12.6 Å². The van der Waals surface area contributed by atoms with Crippen molar-refractivity contribution in [3.63, 3.8) is 0 Å². The molecule has 0 saturated heterocycles. The highest BCUT2D eigenvalue weighted by molar-refractivity contribution is 5.32. The minimum absolute atomic E-state index is 0.180. The Kier molecular flexibility index (Phi) is 7.06. The smallest absolute Gasteiger partial charge is 0.0628 e. The maximum atomic E-state index is 9.62. The quantitative estimate of drug-likeness (QED) is 0.903. The van der Waals surface area contributed by atoms with Crippen molar-refractivity contribution in [1.82, 2.24) is 9.80 Å². The van der Waals surface area contributed by atoms with Gasteiger partial charge < -0.3 is 10.0 Å². The predicted molar refractivity (Wildman–Crippen MR) is 81.4 cm³/mol. The number of hydrogen-bond acceptors (Lipinski definition) is 3. The van der Waals surface area contributed by atoms with Crippen molar-refractivity contribution in [2.75, 3.05) is 40.3 Å². The first kappa shape index (κ1) is 16.2. The fraction of sp³-hybridized carbons (Fsp3) is 0.625. The molecule has 1 aromatic rings. The summed E-state index contributed by atoms with van der Waals surface area (Å²) in [4.78, 5) is 4.58. The lowest BCUT2D eigenvalue weighted by Gasteiger charge is -2.36. The molecule has 0 fully saturated rings. The third-order valence-corrected chi connectivity index (χ3v) is 3.53. The van der Waals surface area contributed by atoms with Gasteiger partial charge in [-0.25, -0.2) is 0 Å². The minimum Gasteiger partial charge on any atom is -0.394 e. The summed E-state index contributed by atoms with van der Waals surface area (Å²) in [6.07, 6.45) is 1.10. The zero-order valence-electron chi connectivity index (χ0n) is 12.8. The minimum atomic E-state index is 0.180. The molecule has 19 heavy (non-hydrogen) atoms. The van der Waals surface area contributed by atoms with Gasteiger partial charge in [0.2, 0.25) is 0 Å². The van der Waals surface area contributed by atoms with Crippen molar-refractivity contribution in [2.45, 2.75) is 26.3 Å². The maximum absolute atomic E-state index is 9.62. The number of hydrogen-bond donors (Lipinski definition) is 1. The first-order valence-electron chi connectivity index (χ1n) is 7.30. The molecule has 3 nitrogen and oxygen atoms in total. The molecule has 0 aromatic heterocycles. The Morgan fingerprint density at radius 1 is 1.26 bits per heavy atom. The predicted octanol–water partition coefficient (Wildman–Crippen LogP) is 2.17. The van der Waals surface area contributed by atoms with Crippen LogP contribution in [0.25, 0.3) is 0 Å². The van der Waals surface area contributed by atoms with Gasteiger partial charge in [-0.15, -0.1) is 0 Å².